The summed E-state index contributed by atoms with van der Waals surface area (Å²) in [6, 6.07) is 16.1. The Labute approximate surface area is 167 Å². The molecule has 0 spiro atoms. The summed E-state index contributed by atoms with van der Waals surface area (Å²) in [4.78, 5) is 12.6. The molecule has 0 aromatic heterocycles. The van der Waals surface area contributed by atoms with Crippen LogP contribution in [-0.4, -0.2) is 14.3 Å². The van der Waals surface area contributed by atoms with Crippen LogP contribution in [0.25, 0.3) is 0 Å². The van der Waals surface area contributed by atoms with Crippen molar-refractivity contribution in [3.63, 3.8) is 0 Å². The Kier molecular flexibility index (Phi) is 4.49. The average Bonchev–Trinajstić information content (AvgIpc) is 2.79. The summed E-state index contributed by atoms with van der Waals surface area (Å²) in [5, 5.41) is 3.11. The highest BCUT2D eigenvalue weighted by molar-refractivity contribution is 7.92. The topological polar surface area (TPSA) is 84.5 Å². The number of ether oxygens (including phenoxy) is 1. The standard InChI is InChI=1S/C20H15ClN2O4S/c1-12-6-8-14(11-16(12)21)28(25,26)23-13-7-9-18-15(10-13)20(24)22-17-4-2-3-5-19(17)27-18/h2-11,23H,1H3,(H,22,24). The predicted molar refractivity (Wildman–Crippen MR) is 108 cm³/mol. The Morgan fingerprint density at radius 1 is 1.00 bits per heavy atom. The molecule has 0 saturated heterocycles. The lowest BCUT2D eigenvalue weighted by atomic mass is 10.1. The van der Waals surface area contributed by atoms with E-state index in [1.54, 1.807) is 43.3 Å². The molecule has 1 amide bonds. The second-order valence-corrected chi connectivity index (χ2v) is 8.37. The minimum absolute atomic E-state index is 0.0335. The van der Waals surface area contributed by atoms with Crippen molar-refractivity contribution in [3.05, 3.63) is 76.8 Å². The van der Waals surface area contributed by atoms with Gasteiger partial charge >= 0.3 is 0 Å². The number of para-hydroxylation sites is 2. The van der Waals surface area contributed by atoms with Gasteiger partial charge in [-0.1, -0.05) is 29.8 Å². The minimum Gasteiger partial charge on any atom is -0.454 e. The summed E-state index contributed by atoms with van der Waals surface area (Å²) in [6.07, 6.45) is 0. The van der Waals surface area contributed by atoms with Gasteiger partial charge in [-0.3, -0.25) is 9.52 Å². The Balaban J connectivity index is 1.67. The minimum atomic E-state index is -3.87. The Bertz CT molecular complexity index is 1210. The van der Waals surface area contributed by atoms with E-state index < -0.39 is 10.0 Å². The van der Waals surface area contributed by atoms with Crippen LogP contribution in [0.15, 0.2) is 65.6 Å². The molecule has 8 heteroatoms. The predicted octanol–water partition coefficient (Wildman–Crippen LogP) is 4.81. The molecule has 2 N–H and O–H groups in total. The second kappa shape index (κ2) is 6.85. The van der Waals surface area contributed by atoms with Crippen LogP contribution in [0.4, 0.5) is 11.4 Å². The zero-order valence-electron chi connectivity index (χ0n) is 14.7. The Morgan fingerprint density at radius 3 is 2.57 bits per heavy atom. The fraction of sp³-hybridized carbons (Fsp3) is 0.0500. The molecule has 1 aliphatic rings. The fourth-order valence-corrected chi connectivity index (χ4v) is 4.10. The third kappa shape index (κ3) is 3.42. The SMILES string of the molecule is Cc1ccc(S(=O)(=O)Nc2ccc3c(c2)C(=O)Nc2ccccc2O3)cc1Cl. The molecule has 0 saturated carbocycles. The number of fused-ring (bicyclic) bond motifs is 2. The van der Waals surface area contributed by atoms with Crippen molar-refractivity contribution in [1.29, 1.82) is 0 Å². The second-order valence-electron chi connectivity index (χ2n) is 6.28. The van der Waals surface area contributed by atoms with Crippen LogP contribution in [0.1, 0.15) is 15.9 Å². The normalized spacial score (nSPS) is 12.9. The van der Waals surface area contributed by atoms with Crippen molar-refractivity contribution in [1.82, 2.24) is 0 Å². The number of nitrogens with one attached hydrogen (secondary N) is 2. The van der Waals surface area contributed by atoms with Gasteiger partial charge in [0.1, 0.15) is 5.75 Å². The molecule has 0 bridgehead atoms. The molecule has 3 aromatic carbocycles. The molecular weight excluding hydrogens is 400 g/mol. The van der Waals surface area contributed by atoms with Gasteiger partial charge in [0.15, 0.2) is 5.75 Å². The number of sulfonamides is 1. The van der Waals surface area contributed by atoms with Gasteiger partial charge in [0, 0.05) is 10.7 Å². The fourth-order valence-electron chi connectivity index (χ4n) is 2.78. The quantitative estimate of drug-likeness (QED) is 0.644. The zero-order valence-corrected chi connectivity index (χ0v) is 16.3. The van der Waals surface area contributed by atoms with E-state index in [0.29, 0.717) is 22.2 Å². The number of hydrogen-bond acceptors (Lipinski definition) is 4. The van der Waals surface area contributed by atoms with Gasteiger partial charge in [-0.15, -0.1) is 0 Å². The van der Waals surface area contributed by atoms with Crippen molar-refractivity contribution in [2.24, 2.45) is 0 Å². The first-order valence-corrected chi connectivity index (χ1v) is 10.2. The van der Waals surface area contributed by atoms with Gasteiger partial charge in [0.05, 0.1) is 16.1 Å². The largest absolute Gasteiger partial charge is 0.454 e. The smallest absolute Gasteiger partial charge is 0.261 e. The van der Waals surface area contributed by atoms with Gasteiger partial charge in [-0.2, -0.15) is 0 Å². The van der Waals surface area contributed by atoms with Gasteiger partial charge in [0.2, 0.25) is 0 Å². The van der Waals surface area contributed by atoms with Crippen LogP contribution < -0.4 is 14.8 Å². The molecule has 0 atom stereocenters. The number of amides is 1. The molecule has 1 aliphatic heterocycles. The Hall–Kier alpha value is -3.03. The molecule has 0 fully saturated rings. The molecular formula is C20H15ClN2O4S. The van der Waals surface area contributed by atoms with Crippen molar-refractivity contribution in [2.45, 2.75) is 11.8 Å². The zero-order chi connectivity index (χ0) is 19.9. The van der Waals surface area contributed by atoms with Gasteiger partial charge < -0.3 is 10.1 Å². The number of benzene rings is 3. The molecule has 0 unspecified atom stereocenters. The molecule has 28 heavy (non-hydrogen) atoms. The summed E-state index contributed by atoms with van der Waals surface area (Å²) >= 11 is 6.04. The van der Waals surface area contributed by atoms with Crippen molar-refractivity contribution in [3.8, 4) is 11.5 Å². The summed E-state index contributed by atoms with van der Waals surface area (Å²) in [7, 11) is -3.87. The maximum atomic E-state index is 12.7. The molecule has 0 aliphatic carbocycles. The van der Waals surface area contributed by atoms with Crippen LogP contribution in [-0.2, 0) is 10.0 Å². The summed E-state index contributed by atoms with van der Waals surface area (Å²) in [5.41, 5.74) is 1.78. The molecule has 0 radical (unpaired) electrons. The van der Waals surface area contributed by atoms with Crippen molar-refractivity contribution >= 4 is 38.9 Å². The van der Waals surface area contributed by atoms with Crippen LogP contribution in [0.5, 0.6) is 11.5 Å². The summed E-state index contributed by atoms with van der Waals surface area (Å²) < 4.78 is 33.6. The first kappa shape index (κ1) is 18.3. The lowest BCUT2D eigenvalue weighted by Crippen LogP contribution is -2.15. The van der Waals surface area contributed by atoms with E-state index >= 15 is 0 Å². The van der Waals surface area contributed by atoms with Crippen LogP contribution in [0.2, 0.25) is 5.02 Å². The van der Waals surface area contributed by atoms with E-state index in [0.717, 1.165) is 5.56 Å². The number of anilines is 2. The van der Waals surface area contributed by atoms with Gasteiger partial charge in [-0.05, 0) is 55.0 Å². The highest BCUT2D eigenvalue weighted by Gasteiger charge is 2.22. The van der Waals surface area contributed by atoms with Gasteiger partial charge in [0.25, 0.3) is 15.9 Å². The van der Waals surface area contributed by atoms with E-state index in [2.05, 4.69) is 10.0 Å². The van der Waals surface area contributed by atoms with Crippen molar-refractivity contribution in [2.75, 3.05) is 10.0 Å². The third-order valence-electron chi connectivity index (χ3n) is 4.29. The van der Waals surface area contributed by atoms with E-state index in [1.807, 2.05) is 0 Å². The average molecular weight is 415 g/mol. The molecule has 3 aromatic rings. The number of halogens is 1. The number of hydrogen-bond donors (Lipinski definition) is 2. The monoisotopic (exact) mass is 414 g/mol. The maximum Gasteiger partial charge on any atom is 0.261 e. The van der Waals surface area contributed by atoms with E-state index in [1.165, 1.54) is 24.3 Å². The lowest BCUT2D eigenvalue weighted by Gasteiger charge is -2.12. The van der Waals surface area contributed by atoms with Crippen molar-refractivity contribution < 1.29 is 17.9 Å². The Morgan fingerprint density at radius 2 is 1.79 bits per heavy atom. The van der Waals surface area contributed by atoms with E-state index in [9.17, 15) is 13.2 Å². The number of carbonyl (C=O) groups is 1. The van der Waals surface area contributed by atoms with Crippen LogP contribution in [0, 0.1) is 6.92 Å². The molecule has 1 heterocycles. The highest BCUT2D eigenvalue weighted by atomic mass is 35.5. The molecule has 6 nitrogen and oxygen atoms in total. The molecule has 4 rings (SSSR count). The maximum absolute atomic E-state index is 12.7. The summed E-state index contributed by atoms with van der Waals surface area (Å²) in [6.45, 7) is 1.79. The lowest BCUT2D eigenvalue weighted by molar-refractivity contribution is 0.102. The van der Waals surface area contributed by atoms with Gasteiger partial charge in [-0.25, -0.2) is 8.42 Å². The van der Waals surface area contributed by atoms with Crippen LogP contribution in [0.3, 0.4) is 0 Å². The third-order valence-corrected chi connectivity index (χ3v) is 6.07. The number of rotatable bonds is 3. The summed E-state index contributed by atoms with van der Waals surface area (Å²) in [5.74, 6) is 0.459. The van der Waals surface area contributed by atoms with E-state index in [4.69, 9.17) is 16.3 Å². The highest BCUT2D eigenvalue weighted by Crippen LogP contribution is 2.36. The first-order valence-electron chi connectivity index (χ1n) is 8.35. The number of aryl methyl sites for hydroxylation is 1. The van der Waals surface area contributed by atoms with Crippen LogP contribution >= 0.6 is 11.6 Å². The number of carbonyl (C=O) groups excluding carboxylic acids is 1. The van der Waals surface area contributed by atoms with E-state index in [-0.39, 0.29) is 22.1 Å². The first-order chi connectivity index (χ1) is 13.3. The molecule has 142 valence electrons.